The smallest absolute Gasteiger partial charge is 0.268 e. The molecule has 1 amide bonds. The lowest BCUT2D eigenvalue weighted by Gasteiger charge is -2.07. The molecule has 3 aromatic heterocycles. The molecule has 0 aliphatic heterocycles. The van der Waals surface area contributed by atoms with E-state index in [1.165, 1.54) is 12.1 Å². The zero-order valence-corrected chi connectivity index (χ0v) is 17.4. The summed E-state index contributed by atoms with van der Waals surface area (Å²) in [4.78, 5) is 18.2. The molecule has 0 saturated carbocycles. The lowest BCUT2D eigenvalue weighted by atomic mass is 10.1. The topological polar surface area (TPSA) is 46.4 Å². The Kier molecular flexibility index (Phi) is 4.53. The molecular weight excluding hydrogens is 421 g/mol. The van der Waals surface area contributed by atoms with E-state index in [0.29, 0.717) is 31.5 Å². The molecule has 4 nitrogen and oxygen atoms in total. The number of fused-ring (bicyclic) bond motifs is 2. The van der Waals surface area contributed by atoms with Crippen LogP contribution in [0.2, 0.25) is 5.02 Å². The Labute approximate surface area is 180 Å². The number of rotatable bonds is 3. The maximum atomic E-state index is 13.6. The number of carbonyl (C=O) groups is 1. The molecule has 1 N–H and O–H groups in total. The van der Waals surface area contributed by atoms with Crippen LogP contribution in [0, 0.1) is 12.7 Å². The highest BCUT2D eigenvalue weighted by Gasteiger charge is 2.22. The highest BCUT2D eigenvalue weighted by molar-refractivity contribution is 7.21. The van der Waals surface area contributed by atoms with Crippen LogP contribution in [0.4, 0.5) is 10.2 Å². The van der Waals surface area contributed by atoms with Gasteiger partial charge in [0.05, 0.1) is 5.02 Å². The van der Waals surface area contributed by atoms with Gasteiger partial charge in [0.1, 0.15) is 27.9 Å². The molecule has 3 heterocycles. The van der Waals surface area contributed by atoms with Crippen LogP contribution in [0.3, 0.4) is 0 Å². The van der Waals surface area contributed by atoms with Crippen molar-refractivity contribution in [1.29, 1.82) is 0 Å². The van der Waals surface area contributed by atoms with Gasteiger partial charge in [-0.1, -0.05) is 41.9 Å². The number of halogens is 2. The number of anilines is 1. The molecule has 30 heavy (non-hydrogen) atoms. The first-order valence-corrected chi connectivity index (χ1v) is 10.4. The lowest BCUT2D eigenvalue weighted by Crippen LogP contribution is -2.13. The van der Waals surface area contributed by atoms with E-state index < -0.39 is 0 Å². The Morgan fingerprint density at radius 1 is 1.13 bits per heavy atom. The van der Waals surface area contributed by atoms with Gasteiger partial charge in [-0.05, 0) is 42.8 Å². The lowest BCUT2D eigenvalue weighted by molar-refractivity contribution is 0.103. The number of hydrogen-bond donors (Lipinski definition) is 1. The number of nitrogens with one attached hydrogen (secondary N) is 1. The molecule has 5 aromatic rings. The summed E-state index contributed by atoms with van der Waals surface area (Å²) in [6.45, 7) is 1.99. The fourth-order valence-electron chi connectivity index (χ4n) is 3.41. The number of pyridine rings is 1. The first-order valence-electron chi connectivity index (χ1n) is 9.24. The standard InChI is InChI=1S/C23H15ClFN3OS/c1-13-9-10-28-18(11-13)26-20(14-5-3-2-4-6-14)22(28)27-23(29)21-19(24)16-8-7-15(25)12-17(16)30-21/h2-12H,1H3,(H,27,29). The quantitative estimate of drug-likeness (QED) is 0.348. The fourth-order valence-corrected chi connectivity index (χ4v) is 4.85. The van der Waals surface area contributed by atoms with Crippen LogP contribution in [-0.2, 0) is 0 Å². The minimum Gasteiger partial charge on any atom is -0.305 e. The molecule has 7 heteroatoms. The second kappa shape index (κ2) is 7.23. The van der Waals surface area contributed by atoms with Crippen LogP contribution in [0.1, 0.15) is 15.2 Å². The van der Waals surface area contributed by atoms with Gasteiger partial charge in [0, 0.05) is 21.8 Å². The minimum atomic E-state index is -0.365. The number of thiophene rings is 1. The Bertz CT molecular complexity index is 1430. The highest BCUT2D eigenvalue weighted by Crippen LogP contribution is 2.37. The van der Waals surface area contributed by atoms with Crippen molar-refractivity contribution in [3.05, 3.63) is 88.1 Å². The molecule has 148 valence electrons. The van der Waals surface area contributed by atoms with Gasteiger partial charge in [-0.2, -0.15) is 0 Å². The van der Waals surface area contributed by atoms with Crippen molar-refractivity contribution in [1.82, 2.24) is 9.38 Å². The molecule has 0 radical (unpaired) electrons. The summed E-state index contributed by atoms with van der Waals surface area (Å²) in [7, 11) is 0. The van der Waals surface area contributed by atoms with E-state index in [1.54, 1.807) is 6.07 Å². The SMILES string of the molecule is Cc1ccn2c(NC(=O)c3sc4cc(F)ccc4c3Cl)c(-c3ccccc3)nc2c1. The van der Waals surface area contributed by atoms with E-state index in [0.717, 1.165) is 28.1 Å². The van der Waals surface area contributed by atoms with E-state index in [1.807, 2.05) is 60.0 Å². The third-order valence-corrected chi connectivity index (χ3v) is 6.51. The van der Waals surface area contributed by atoms with Gasteiger partial charge >= 0.3 is 0 Å². The molecule has 2 aromatic carbocycles. The number of nitrogens with zero attached hydrogens (tertiary/aromatic N) is 2. The summed E-state index contributed by atoms with van der Waals surface area (Å²) in [6, 6.07) is 17.9. The predicted molar refractivity (Wildman–Crippen MR) is 120 cm³/mol. The number of carbonyl (C=O) groups excluding carboxylic acids is 1. The number of amides is 1. The van der Waals surface area contributed by atoms with Gasteiger partial charge < -0.3 is 5.32 Å². The highest BCUT2D eigenvalue weighted by atomic mass is 35.5. The minimum absolute atomic E-state index is 0.318. The van der Waals surface area contributed by atoms with Crippen LogP contribution in [0.25, 0.3) is 27.0 Å². The first kappa shape index (κ1) is 18.8. The van der Waals surface area contributed by atoms with Crippen molar-refractivity contribution in [3.8, 4) is 11.3 Å². The Morgan fingerprint density at radius 2 is 1.93 bits per heavy atom. The number of aromatic nitrogens is 2. The van der Waals surface area contributed by atoms with Crippen molar-refractivity contribution < 1.29 is 9.18 Å². The van der Waals surface area contributed by atoms with Gasteiger partial charge in [-0.3, -0.25) is 9.20 Å². The first-order chi connectivity index (χ1) is 14.5. The van der Waals surface area contributed by atoms with E-state index in [-0.39, 0.29) is 11.7 Å². The van der Waals surface area contributed by atoms with E-state index in [9.17, 15) is 9.18 Å². The van der Waals surface area contributed by atoms with Gasteiger partial charge in [-0.25, -0.2) is 9.37 Å². The second-order valence-corrected chi connectivity index (χ2v) is 8.38. The fraction of sp³-hybridized carbons (Fsp3) is 0.0435. The molecule has 0 saturated heterocycles. The van der Waals surface area contributed by atoms with Gasteiger partial charge in [0.2, 0.25) is 0 Å². The van der Waals surface area contributed by atoms with Crippen molar-refractivity contribution >= 4 is 50.4 Å². The molecule has 0 unspecified atom stereocenters. The van der Waals surface area contributed by atoms with Crippen molar-refractivity contribution in [2.75, 3.05) is 5.32 Å². The van der Waals surface area contributed by atoms with E-state index >= 15 is 0 Å². The Hall–Kier alpha value is -3.22. The average molecular weight is 436 g/mol. The van der Waals surface area contributed by atoms with Crippen LogP contribution < -0.4 is 5.32 Å². The Morgan fingerprint density at radius 3 is 2.73 bits per heavy atom. The normalized spacial score (nSPS) is 11.3. The van der Waals surface area contributed by atoms with Gasteiger partial charge in [0.25, 0.3) is 5.91 Å². The summed E-state index contributed by atoms with van der Waals surface area (Å²) in [5.74, 6) is -0.169. The summed E-state index contributed by atoms with van der Waals surface area (Å²) < 4.78 is 16.1. The van der Waals surface area contributed by atoms with Crippen LogP contribution in [-0.4, -0.2) is 15.3 Å². The summed E-state index contributed by atoms with van der Waals surface area (Å²) >= 11 is 7.61. The molecule has 5 rings (SSSR count). The summed E-state index contributed by atoms with van der Waals surface area (Å²) in [5.41, 5.74) is 3.35. The van der Waals surface area contributed by atoms with Crippen molar-refractivity contribution in [2.24, 2.45) is 0 Å². The maximum Gasteiger partial charge on any atom is 0.268 e. The van der Waals surface area contributed by atoms with Crippen LogP contribution in [0.5, 0.6) is 0 Å². The average Bonchev–Trinajstić information content (AvgIpc) is 3.25. The van der Waals surface area contributed by atoms with Crippen molar-refractivity contribution in [3.63, 3.8) is 0 Å². The molecule has 0 spiro atoms. The largest absolute Gasteiger partial charge is 0.305 e. The molecule has 0 aliphatic rings. The molecule has 0 atom stereocenters. The molecule has 0 aliphatic carbocycles. The number of hydrogen-bond acceptors (Lipinski definition) is 3. The zero-order valence-electron chi connectivity index (χ0n) is 15.8. The van der Waals surface area contributed by atoms with E-state index in [2.05, 4.69) is 5.32 Å². The number of benzene rings is 2. The molecular formula is C23H15ClFN3OS. The second-order valence-electron chi connectivity index (χ2n) is 6.95. The monoisotopic (exact) mass is 435 g/mol. The third kappa shape index (κ3) is 3.14. The number of imidazole rings is 1. The van der Waals surface area contributed by atoms with E-state index in [4.69, 9.17) is 16.6 Å². The van der Waals surface area contributed by atoms with Gasteiger partial charge in [-0.15, -0.1) is 11.3 Å². The maximum absolute atomic E-state index is 13.6. The molecule has 0 fully saturated rings. The number of aryl methyl sites for hydroxylation is 1. The van der Waals surface area contributed by atoms with Crippen LogP contribution >= 0.6 is 22.9 Å². The van der Waals surface area contributed by atoms with Crippen LogP contribution in [0.15, 0.2) is 66.9 Å². The van der Waals surface area contributed by atoms with Crippen molar-refractivity contribution in [2.45, 2.75) is 6.92 Å². The summed E-state index contributed by atoms with van der Waals surface area (Å²) in [5, 5.41) is 3.95. The third-order valence-electron chi connectivity index (χ3n) is 4.86. The zero-order chi connectivity index (χ0) is 20.8. The predicted octanol–water partition coefficient (Wildman–Crippen LogP) is 6.57. The molecule has 0 bridgehead atoms. The summed E-state index contributed by atoms with van der Waals surface area (Å²) in [6.07, 6.45) is 1.88. The Balaban J connectivity index is 1.63. The van der Waals surface area contributed by atoms with Gasteiger partial charge in [0.15, 0.2) is 0 Å².